The van der Waals surface area contributed by atoms with Crippen LogP contribution in [0.25, 0.3) is 91.7 Å². The van der Waals surface area contributed by atoms with Gasteiger partial charge in [-0.1, -0.05) is 322 Å². The zero-order valence-electron chi connectivity index (χ0n) is 74.7. The normalized spacial score (nSPS) is 12.7. The van der Waals surface area contributed by atoms with Crippen molar-refractivity contribution in [2.24, 2.45) is 0 Å². The summed E-state index contributed by atoms with van der Waals surface area (Å²) in [7, 11) is 0. The third kappa shape index (κ3) is 20.9. The summed E-state index contributed by atoms with van der Waals surface area (Å²) >= 11 is 5.07. The van der Waals surface area contributed by atoms with Crippen molar-refractivity contribution in [1.82, 2.24) is 0 Å². The zero-order valence-corrected chi connectivity index (χ0v) is 78.3. The molecule has 6 aromatic carbocycles. The van der Waals surface area contributed by atoms with Gasteiger partial charge in [-0.3, -0.25) is 0 Å². The second-order valence-corrected chi connectivity index (χ2v) is 45.9. The summed E-state index contributed by atoms with van der Waals surface area (Å²) in [5, 5.41) is 0. The first kappa shape index (κ1) is 92.7. The number of hydrogen-bond acceptors (Lipinski definition) is 3. The molecule has 0 spiro atoms. The van der Waals surface area contributed by atoms with Gasteiger partial charge in [-0.05, 0) is 202 Å². The monoisotopic (exact) mass is 1590 g/mol. The van der Waals surface area contributed by atoms with Crippen LogP contribution in [0.15, 0.2) is 109 Å². The fourth-order valence-corrected chi connectivity index (χ4v) is 16.7. The van der Waals surface area contributed by atoms with Crippen LogP contribution in [0.5, 0.6) is 0 Å². The molecule has 9 aromatic rings. The van der Waals surface area contributed by atoms with E-state index in [4.69, 9.17) is 39.4 Å². The number of thiophene rings is 3. The van der Waals surface area contributed by atoms with Crippen LogP contribution in [0.3, 0.4) is 0 Å². The molecule has 0 atom stereocenters. The molecule has 0 saturated carbocycles. The first-order valence-electron chi connectivity index (χ1n) is 39.1. The largest absolute Gasteiger partial charge is 0.237 e. The van der Waals surface area contributed by atoms with E-state index in [1.54, 1.807) is 34.0 Å². The number of hydrogen-bond donors (Lipinski definition) is 0. The van der Waals surface area contributed by atoms with Crippen LogP contribution in [0, 0.1) is 39.4 Å². The fraction of sp³-hybridized carbons (Fsp3) is 0.471. The molecule has 0 bridgehead atoms. The second-order valence-electron chi connectivity index (χ2n) is 42.7. The summed E-state index contributed by atoms with van der Waals surface area (Å²) < 4.78 is 0. The van der Waals surface area contributed by atoms with Gasteiger partial charge >= 0.3 is 0 Å². The molecule has 3 aromatic heterocycles. The molecule has 3 heterocycles. The molecule has 0 fully saturated rings. The second kappa shape index (κ2) is 32.6. The van der Waals surface area contributed by atoms with Crippen molar-refractivity contribution in [3.05, 3.63) is 244 Å². The fourth-order valence-electron chi connectivity index (χ4n) is 13.6. The Morgan fingerprint density at radius 3 is 0.366 bits per heavy atom. The Morgan fingerprint density at radius 1 is 0.179 bits per heavy atom. The maximum Gasteiger partial charge on any atom is 0.199 e. The molecule has 0 aliphatic carbocycles. The van der Waals surface area contributed by atoms with Gasteiger partial charge in [-0.25, -0.2) is 29.1 Å². The van der Waals surface area contributed by atoms with E-state index in [1.807, 2.05) is 0 Å². The topological polar surface area (TPSA) is 26.2 Å². The van der Waals surface area contributed by atoms with E-state index in [2.05, 4.69) is 388 Å². The van der Waals surface area contributed by atoms with Crippen LogP contribution in [-0.4, -0.2) is 0 Å². The summed E-state index contributed by atoms with van der Waals surface area (Å²) in [6.45, 7) is 128. The molecule has 0 unspecified atom stereocenters. The zero-order chi connectivity index (χ0) is 84.4. The molecule has 0 aliphatic heterocycles. The molecule has 0 aliphatic rings. The van der Waals surface area contributed by atoms with E-state index in [-0.39, 0.29) is 82.0 Å². The standard InChI is InChI=1S/3C34H42N2S.Mn/c3*1-31(2,3)21-17-23(29(35-13)25(19-21)33(7,8)9)27-15-16-28(37-27)24-18-22(32(4,5)6)20-26(30(24)36-14)34(10,11)12;/h3*15-20H,1-12H3;. The predicted molar refractivity (Wildman–Crippen MR) is 488 cm³/mol. The van der Waals surface area contributed by atoms with Crippen molar-refractivity contribution in [3.63, 3.8) is 0 Å². The van der Waals surface area contributed by atoms with E-state index >= 15 is 0 Å². The van der Waals surface area contributed by atoms with Crippen molar-refractivity contribution in [2.75, 3.05) is 0 Å². The van der Waals surface area contributed by atoms with Crippen LogP contribution >= 0.6 is 34.0 Å². The molecule has 10 heteroatoms. The van der Waals surface area contributed by atoms with E-state index in [1.165, 1.54) is 33.4 Å². The van der Waals surface area contributed by atoms with Gasteiger partial charge in [-0.15, -0.1) is 34.0 Å². The van der Waals surface area contributed by atoms with E-state index in [0.717, 1.165) is 130 Å². The van der Waals surface area contributed by atoms with Gasteiger partial charge in [0.25, 0.3) is 0 Å². The van der Waals surface area contributed by atoms with Crippen molar-refractivity contribution in [3.8, 4) is 62.6 Å². The summed E-state index contributed by atoms with van der Waals surface area (Å²) in [5.74, 6) is 0. The van der Waals surface area contributed by atoms with Gasteiger partial charge in [0.15, 0.2) is 34.1 Å². The first-order chi connectivity index (χ1) is 50.4. The maximum atomic E-state index is 8.10. The Balaban J connectivity index is 0.000000261. The molecule has 589 valence electrons. The van der Waals surface area contributed by atoms with Crippen LogP contribution in [0.4, 0.5) is 34.1 Å². The van der Waals surface area contributed by atoms with Crippen LogP contribution in [0.1, 0.15) is 316 Å². The third-order valence-electron chi connectivity index (χ3n) is 20.8. The van der Waals surface area contributed by atoms with Gasteiger partial charge in [-0.2, -0.15) is 0 Å². The smallest absolute Gasteiger partial charge is 0.199 e. The van der Waals surface area contributed by atoms with Gasteiger partial charge in [0.1, 0.15) is 0 Å². The molecule has 0 amide bonds. The number of rotatable bonds is 6. The van der Waals surface area contributed by atoms with Crippen molar-refractivity contribution < 1.29 is 17.1 Å². The Hall–Kier alpha value is -8.12. The van der Waals surface area contributed by atoms with Crippen molar-refractivity contribution in [1.29, 1.82) is 0 Å². The summed E-state index contributed by atoms with van der Waals surface area (Å²) in [4.78, 5) is 30.8. The van der Waals surface area contributed by atoms with Crippen molar-refractivity contribution in [2.45, 2.75) is 314 Å². The van der Waals surface area contributed by atoms with Crippen LogP contribution in [-0.2, 0) is 82.0 Å². The average Bonchev–Trinajstić information content (AvgIpc) is 1.51. The van der Waals surface area contributed by atoms with E-state index in [9.17, 15) is 0 Å². The van der Waals surface area contributed by atoms with E-state index in [0.29, 0.717) is 0 Å². The Labute approximate surface area is 701 Å². The minimum absolute atomic E-state index is 0. The van der Waals surface area contributed by atoms with Gasteiger partial charge in [0, 0.05) is 46.3 Å². The Kier molecular flexibility index (Phi) is 27.0. The maximum absolute atomic E-state index is 8.10. The quantitative estimate of drug-likeness (QED) is 0.117. The van der Waals surface area contributed by atoms with Gasteiger partial charge < -0.3 is 0 Å². The number of benzene rings is 6. The number of nitrogens with zero attached hydrogens (tertiary/aromatic N) is 6. The molecular formula is C102H126MnN6S3. The van der Waals surface area contributed by atoms with Gasteiger partial charge in [0.2, 0.25) is 0 Å². The Morgan fingerprint density at radius 2 is 0.286 bits per heavy atom. The average molecular weight is 1590 g/mol. The minimum Gasteiger partial charge on any atom is -0.237 e. The summed E-state index contributed by atoms with van der Waals surface area (Å²) in [6.07, 6.45) is 0. The molecule has 0 N–H and O–H groups in total. The summed E-state index contributed by atoms with van der Waals surface area (Å²) in [5.41, 5.74) is 23.3. The van der Waals surface area contributed by atoms with Gasteiger partial charge in [0.05, 0.1) is 39.4 Å². The van der Waals surface area contributed by atoms with Crippen molar-refractivity contribution >= 4 is 68.1 Å². The van der Waals surface area contributed by atoms with Crippen LogP contribution in [0.2, 0.25) is 0 Å². The summed E-state index contributed by atoms with van der Waals surface area (Å²) in [6, 6.07) is 39.4. The third-order valence-corrected chi connectivity index (χ3v) is 24.2. The molecule has 9 rings (SSSR count). The molecule has 6 nitrogen and oxygen atoms in total. The van der Waals surface area contributed by atoms with E-state index < -0.39 is 0 Å². The Bertz CT molecular complexity index is 4440. The minimum atomic E-state index is -0.143. The first-order valence-corrected chi connectivity index (χ1v) is 41.5. The molecular weight excluding hydrogens is 1460 g/mol. The van der Waals surface area contributed by atoms with Crippen LogP contribution < -0.4 is 0 Å². The predicted octanol–water partition coefficient (Wildman–Crippen LogP) is 34.1. The molecule has 1 radical (unpaired) electrons. The molecule has 112 heavy (non-hydrogen) atoms. The molecule has 0 saturated heterocycles. The SMILES string of the molecule is [C-]#[N+]c1c(-c2ccc(-c3cc(C(C)(C)C)cc(C(C)(C)C)c3[N+]#[C-])s2)cc(C(C)(C)C)cc1C(C)(C)C.[C-]#[N+]c1c(-c2ccc(-c3cc(C(C)(C)C)cc(C(C)(C)C)c3[N+]#[C-])s2)cc(C(C)(C)C)cc1C(C)(C)C.[C-]#[N+]c1c(-c2ccc(-c3cc(C(C)(C)C)cc(C(C)(C)C)c3[N+]#[C-])s2)cc(C(C)(C)C)cc1C(C)(C)C.[Mn].